The fourth-order valence-corrected chi connectivity index (χ4v) is 2.07. The van der Waals surface area contributed by atoms with Gasteiger partial charge in [-0.25, -0.2) is 4.39 Å². The maximum Gasteiger partial charge on any atom is 0.185 e. The fourth-order valence-electron chi connectivity index (χ4n) is 2.07. The topological polar surface area (TPSA) is 35.5 Å². The molecule has 0 fully saturated rings. The van der Waals surface area contributed by atoms with Gasteiger partial charge in [0.1, 0.15) is 5.75 Å². The lowest BCUT2D eigenvalue weighted by Gasteiger charge is -2.05. The minimum absolute atomic E-state index is 0.112. The first-order valence-electron chi connectivity index (χ1n) is 6.75. The van der Waals surface area contributed by atoms with Crippen LogP contribution in [0.2, 0.25) is 0 Å². The van der Waals surface area contributed by atoms with Gasteiger partial charge in [-0.15, -0.1) is 0 Å². The van der Waals surface area contributed by atoms with Crippen molar-refractivity contribution in [2.45, 2.75) is 6.92 Å². The van der Waals surface area contributed by atoms with E-state index in [2.05, 4.69) is 0 Å². The third-order valence-electron chi connectivity index (χ3n) is 3.24. The Bertz CT molecular complexity index is 720. The molecule has 4 heteroatoms. The number of methoxy groups -OCH3 is 2. The number of benzene rings is 2. The second-order valence-electron chi connectivity index (χ2n) is 4.79. The summed E-state index contributed by atoms with van der Waals surface area (Å²) in [6.07, 6.45) is 3.06. The summed E-state index contributed by atoms with van der Waals surface area (Å²) < 4.78 is 23.7. The van der Waals surface area contributed by atoms with E-state index < -0.39 is 5.82 Å². The Hall–Kier alpha value is -2.62. The van der Waals surface area contributed by atoms with Crippen LogP contribution in [0.4, 0.5) is 4.39 Å². The second kappa shape index (κ2) is 6.89. The van der Waals surface area contributed by atoms with Gasteiger partial charge in [-0.1, -0.05) is 11.6 Å². The Labute approximate surface area is 129 Å². The first-order valence-corrected chi connectivity index (χ1v) is 6.75. The predicted octanol–water partition coefficient (Wildman–Crippen LogP) is 4.05. The zero-order valence-corrected chi connectivity index (χ0v) is 12.7. The van der Waals surface area contributed by atoms with Gasteiger partial charge in [-0.3, -0.25) is 4.79 Å². The van der Waals surface area contributed by atoms with Gasteiger partial charge in [0.15, 0.2) is 17.3 Å². The summed E-state index contributed by atoms with van der Waals surface area (Å²) in [5.74, 6) is -0.0588. The number of allylic oxidation sites excluding steroid dienone is 1. The normalized spacial score (nSPS) is 10.7. The van der Waals surface area contributed by atoms with Crippen molar-refractivity contribution in [3.63, 3.8) is 0 Å². The molecule has 22 heavy (non-hydrogen) atoms. The van der Waals surface area contributed by atoms with E-state index in [1.165, 1.54) is 31.4 Å². The van der Waals surface area contributed by atoms with E-state index >= 15 is 0 Å². The van der Waals surface area contributed by atoms with Gasteiger partial charge >= 0.3 is 0 Å². The molecular weight excluding hydrogens is 283 g/mol. The molecule has 2 aromatic carbocycles. The maximum atomic E-state index is 13.6. The smallest absolute Gasteiger partial charge is 0.185 e. The van der Waals surface area contributed by atoms with E-state index in [1.807, 2.05) is 25.1 Å². The van der Waals surface area contributed by atoms with Crippen molar-refractivity contribution in [1.82, 2.24) is 0 Å². The van der Waals surface area contributed by atoms with E-state index in [0.29, 0.717) is 5.75 Å². The lowest BCUT2D eigenvalue weighted by molar-refractivity contribution is 0.104. The second-order valence-corrected chi connectivity index (χ2v) is 4.79. The van der Waals surface area contributed by atoms with Crippen LogP contribution in [-0.4, -0.2) is 20.0 Å². The summed E-state index contributed by atoms with van der Waals surface area (Å²) in [6, 6.07) is 9.81. The zero-order valence-electron chi connectivity index (χ0n) is 12.7. The Balaban J connectivity index is 2.25. The molecule has 0 heterocycles. The molecule has 0 atom stereocenters. The van der Waals surface area contributed by atoms with Crippen molar-refractivity contribution >= 4 is 11.9 Å². The molecule has 2 aromatic rings. The average molecular weight is 300 g/mol. The first-order chi connectivity index (χ1) is 10.5. The monoisotopic (exact) mass is 300 g/mol. The average Bonchev–Trinajstić information content (AvgIpc) is 2.52. The van der Waals surface area contributed by atoms with Crippen LogP contribution >= 0.6 is 0 Å². The quantitative estimate of drug-likeness (QED) is 0.617. The summed E-state index contributed by atoms with van der Waals surface area (Å²) in [6.45, 7) is 1.96. The summed E-state index contributed by atoms with van der Waals surface area (Å²) in [4.78, 5) is 12.1. The number of hydrogen-bond donors (Lipinski definition) is 0. The van der Waals surface area contributed by atoms with Crippen LogP contribution in [0.25, 0.3) is 6.08 Å². The molecule has 0 unspecified atom stereocenters. The molecule has 3 nitrogen and oxygen atoms in total. The minimum atomic E-state index is -0.560. The van der Waals surface area contributed by atoms with Crippen LogP contribution in [0.3, 0.4) is 0 Å². The number of carbonyl (C=O) groups is 1. The van der Waals surface area contributed by atoms with Crippen molar-refractivity contribution in [3.8, 4) is 11.5 Å². The van der Waals surface area contributed by atoms with Crippen LogP contribution in [-0.2, 0) is 0 Å². The Morgan fingerprint density at radius 2 is 1.73 bits per heavy atom. The Morgan fingerprint density at radius 3 is 2.36 bits per heavy atom. The van der Waals surface area contributed by atoms with Gasteiger partial charge in [-0.05, 0) is 49.4 Å². The molecule has 114 valence electrons. The number of ketones is 1. The molecule has 0 N–H and O–H groups in total. The Kier molecular flexibility index (Phi) is 4.94. The Morgan fingerprint density at radius 1 is 1.05 bits per heavy atom. The van der Waals surface area contributed by atoms with Crippen LogP contribution in [0.5, 0.6) is 11.5 Å². The molecular formula is C18H17FO3. The summed E-state index contributed by atoms with van der Waals surface area (Å²) >= 11 is 0. The molecule has 0 aromatic heterocycles. The summed E-state index contributed by atoms with van der Waals surface area (Å²) in [7, 11) is 2.95. The van der Waals surface area contributed by atoms with E-state index in [0.717, 1.165) is 11.1 Å². The third kappa shape index (κ3) is 3.52. The maximum absolute atomic E-state index is 13.6. The highest BCUT2D eigenvalue weighted by Gasteiger charge is 2.08. The van der Waals surface area contributed by atoms with Crippen LogP contribution in [0, 0.1) is 12.7 Å². The van der Waals surface area contributed by atoms with Gasteiger partial charge in [-0.2, -0.15) is 0 Å². The number of ether oxygens (including phenoxy) is 2. The predicted molar refractivity (Wildman–Crippen MR) is 84.0 cm³/mol. The summed E-state index contributed by atoms with van der Waals surface area (Å²) in [5, 5.41) is 0. The highest BCUT2D eigenvalue weighted by atomic mass is 19.1. The summed E-state index contributed by atoms with van der Waals surface area (Å²) in [5.41, 5.74) is 2.12. The minimum Gasteiger partial charge on any atom is -0.496 e. The standard InChI is InChI=1S/C18H17FO3/c1-12-4-8-17(21-2)14(10-12)5-7-16(20)13-6-9-18(22-3)15(19)11-13/h4-11H,1-3H3/b7-5+. The largest absolute Gasteiger partial charge is 0.496 e. The fraction of sp³-hybridized carbons (Fsp3) is 0.167. The molecule has 0 bridgehead atoms. The van der Waals surface area contributed by atoms with Gasteiger partial charge < -0.3 is 9.47 Å². The van der Waals surface area contributed by atoms with Crippen molar-refractivity contribution in [2.24, 2.45) is 0 Å². The first kappa shape index (κ1) is 15.8. The van der Waals surface area contributed by atoms with Crippen molar-refractivity contribution in [2.75, 3.05) is 14.2 Å². The lowest BCUT2D eigenvalue weighted by atomic mass is 10.1. The van der Waals surface area contributed by atoms with E-state index in [9.17, 15) is 9.18 Å². The van der Waals surface area contributed by atoms with E-state index in [-0.39, 0.29) is 17.1 Å². The van der Waals surface area contributed by atoms with Crippen LogP contribution in [0.1, 0.15) is 21.5 Å². The van der Waals surface area contributed by atoms with Crippen molar-refractivity contribution < 1.29 is 18.7 Å². The zero-order chi connectivity index (χ0) is 16.1. The molecule has 2 rings (SSSR count). The molecule has 0 spiro atoms. The number of hydrogen-bond acceptors (Lipinski definition) is 3. The third-order valence-corrected chi connectivity index (χ3v) is 3.24. The van der Waals surface area contributed by atoms with Crippen molar-refractivity contribution in [1.29, 1.82) is 0 Å². The van der Waals surface area contributed by atoms with E-state index in [4.69, 9.17) is 9.47 Å². The van der Waals surface area contributed by atoms with Crippen molar-refractivity contribution in [3.05, 3.63) is 65.0 Å². The van der Waals surface area contributed by atoms with Gasteiger partial charge in [0.25, 0.3) is 0 Å². The molecule has 0 aliphatic rings. The molecule has 0 amide bonds. The van der Waals surface area contributed by atoms with Crippen LogP contribution < -0.4 is 9.47 Å². The molecule has 0 aliphatic heterocycles. The molecule has 0 aliphatic carbocycles. The number of rotatable bonds is 5. The van der Waals surface area contributed by atoms with Gasteiger partial charge in [0.2, 0.25) is 0 Å². The highest BCUT2D eigenvalue weighted by molar-refractivity contribution is 6.07. The van der Waals surface area contributed by atoms with Gasteiger partial charge in [0, 0.05) is 11.1 Å². The molecule has 0 saturated carbocycles. The van der Waals surface area contributed by atoms with Gasteiger partial charge in [0.05, 0.1) is 14.2 Å². The van der Waals surface area contributed by atoms with E-state index in [1.54, 1.807) is 13.2 Å². The molecule has 0 radical (unpaired) electrons. The van der Waals surface area contributed by atoms with Crippen LogP contribution in [0.15, 0.2) is 42.5 Å². The lowest BCUT2D eigenvalue weighted by Crippen LogP contribution is -1.97. The number of carbonyl (C=O) groups excluding carboxylic acids is 1. The highest BCUT2D eigenvalue weighted by Crippen LogP contribution is 2.22. The molecule has 0 saturated heterocycles. The SMILES string of the molecule is COc1ccc(C(=O)/C=C/c2cc(C)ccc2OC)cc1F. The number of halogens is 1. The number of aryl methyl sites for hydroxylation is 1.